The van der Waals surface area contributed by atoms with Gasteiger partial charge in [-0.2, -0.15) is 0 Å². The number of rotatable bonds is 8. The van der Waals surface area contributed by atoms with E-state index in [2.05, 4.69) is 5.32 Å². The van der Waals surface area contributed by atoms with Gasteiger partial charge >= 0.3 is 0 Å². The van der Waals surface area contributed by atoms with Crippen molar-refractivity contribution in [2.75, 3.05) is 26.2 Å². The predicted molar refractivity (Wildman–Crippen MR) is 109 cm³/mol. The minimum Gasteiger partial charge on any atom is -0.342 e. The molecule has 0 saturated carbocycles. The Morgan fingerprint density at radius 2 is 1.89 bits per heavy atom. The highest BCUT2D eigenvalue weighted by Gasteiger charge is 2.19. The molecule has 2 amide bonds. The molecule has 1 aliphatic rings. The van der Waals surface area contributed by atoms with Gasteiger partial charge in [0, 0.05) is 24.5 Å². The van der Waals surface area contributed by atoms with Crippen LogP contribution in [-0.4, -0.2) is 42.9 Å². The van der Waals surface area contributed by atoms with Gasteiger partial charge in [-0.05, 0) is 49.3 Å². The lowest BCUT2D eigenvalue weighted by Gasteiger charge is -2.22. The monoisotopic (exact) mass is 385 g/mol. The SMILES string of the molecule is NCCN(CCc1ccccc1)C(=O)CNC(=O)c1cc2c(s1)CCCC2. The largest absolute Gasteiger partial charge is 0.342 e. The Kier molecular flexibility index (Phi) is 7.01. The highest BCUT2D eigenvalue weighted by molar-refractivity contribution is 7.14. The predicted octanol–water partition coefficient (Wildman–Crippen LogP) is 2.39. The van der Waals surface area contributed by atoms with Gasteiger partial charge in [0.05, 0.1) is 11.4 Å². The van der Waals surface area contributed by atoms with Gasteiger partial charge in [0.2, 0.25) is 5.91 Å². The van der Waals surface area contributed by atoms with Crippen molar-refractivity contribution in [1.82, 2.24) is 10.2 Å². The number of carbonyl (C=O) groups is 2. The maximum Gasteiger partial charge on any atom is 0.261 e. The van der Waals surface area contributed by atoms with Crippen molar-refractivity contribution >= 4 is 23.2 Å². The summed E-state index contributed by atoms with van der Waals surface area (Å²) in [5.41, 5.74) is 8.14. The minimum atomic E-state index is -0.154. The molecule has 6 heteroatoms. The number of nitrogens with one attached hydrogen (secondary N) is 1. The van der Waals surface area contributed by atoms with Crippen LogP contribution in [0.4, 0.5) is 0 Å². The third kappa shape index (κ3) is 5.40. The molecule has 3 rings (SSSR count). The molecule has 3 N–H and O–H groups in total. The van der Waals surface area contributed by atoms with Crippen molar-refractivity contribution in [3.05, 3.63) is 57.3 Å². The van der Waals surface area contributed by atoms with Crippen LogP contribution in [0.1, 0.15) is 38.5 Å². The first kappa shape index (κ1) is 19.6. The molecule has 0 atom stereocenters. The third-order valence-electron chi connectivity index (χ3n) is 4.89. The maximum absolute atomic E-state index is 12.5. The van der Waals surface area contributed by atoms with Crippen molar-refractivity contribution < 1.29 is 9.59 Å². The van der Waals surface area contributed by atoms with Gasteiger partial charge < -0.3 is 16.0 Å². The molecule has 2 aromatic rings. The second-order valence-corrected chi connectivity index (χ2v) is 7.99. The number of nitrogens with two attached hydrogens (primary N) is 1. The maximum atomic E-state index is 12.5. The third-order valence-corrected chi connectivity index (χ3v) is 6.12. The standard InChI is InChI=1S/C21H27N3O2S/c22-11-13-24(12-10-16-6-2-1-3-7-16)20(25)15-23-21(26)19-14-17-8-4-5-9-18(17)27-19/h1-3,6-7,14H,4-5,8-13,15,22H2,(H,23,26). The van der Waals surface area contributed by atoms with Gasteiger partial charge in [0.25, 0.3) is 5.91 Å². The zero-order valence-corrected chi connectivity index (χ0v) is 16.4. The number of thiophene rings is 1. The molecule has 1 heterocycles. The van der Waals surface area contributed by atoms with E-state index in [-0.39, 0.29) is 18.4 Å². The van der Waals surface area contributed by atoms with E-state index in [9.17, 15) is 9.59 Å². The van der Waals surface area contributed by atoms with E-state index in [1.54, 1.807) is 16.2 Å². The van der Waals surface area contributed by atoms with E-state index in [0.717, 1.165) is 19.3 Å². The highest BCUT2D eigenvalue weighted by Crippen LogP contribution is 2.29. The highest BCUT2D eigenvalue weighted by atomic mass is 32.1. The van der Waals surface area contributed by atoms with Gasteiger partial charge in [-0.15, -0.1) is 11.3 Å². The Balaban J connectivity index is 1.52. The van der Waals surface area contributed by atoms with Gasteiger partial charge in [-0.3, -0.25) is 9.59 Å². The quantitative estimate of drug-likeness (QED) is 0.733. The van der Waals surface area contributed by atoms with Crippen molar-refractivity contribution in [1.29, 1.82) is 0 Å². The molecule has 0 radical (unpaired) electrons. The molecule has 0 unspecified atom stereocenters. The number of amides is 2. The number of hydrogen-bond acceptors (Lipinski definition) is 4. The molecule has 0 saturated heterocycles. The van der Waals surface area contributed by atoms with Crippen LogP contribution in [0, 0.1) is 0 Å². The van der Waals surface area contributed by atoms with Gasteiger partial charge in [-0.25, -0.2) is 0 Å². The van der Waals surface area contributed by atoms with Crippen LogP contribution in [-0.2, 0) is 24.1 Å². The molecule has 1 aromatic carbocycles. The molecule has 27 heavy (non-hydrogen) atoms. The molecule has 0 spiro atoms. The fraction of sp³-hybridized carbons (Fsp3) is 0.429. The van der Waals surface area contributed by atoms with Crippen molar-refractivity contribution in [2.24, 2.45) is 5.73 Å². The van der Waals surface area contributed by atoms with Crippen molar-refractivity contribution in [3.63, 3.8) is 0 Å². The Bertz CT molecular complexity index is 749. The Morgan fingerprint density at radius 1 is 1.11 bits per heavy atom. The first-order chi connectivity index (χ1) is 13.2. The molecular formula is C21H27N3O2S. The zero-order valence-electron chi connectivity index (χ0n) is 15.6. The lowest BCUT2D eigenvalue weighted by molar-refractivity contribution is -0.130. The van der Waals surface area contributed by atoms with Gasteiger partial charge in [0.1, 0.15) is 0 Å². The molecular weight excluding hydrogens is 358 g/mol. The minimum absolute atomic E-state index is 0.0101. The summed E-state index contributed by atoms with van der Waals surface area (Å²) in [5, 5.41) is 2.78. The van der Waals surface area contributed by atoms with E-state index in [1.807, 2.05) is 36.4 Å². The Morgan fingerprint density at radius 3 is 2.63 bits per heavy atom. The number of benzene rings is 1. The number of carbonyl (C=O) groups excluding carboxylic acids is 2. The topological polar surface area (TPSA) is 75.4 Å². The summed E-state index contributed by atoms with van der Waals surface area (Å²) in [6.45, 7) is 1.51. The van der Waals surface area contributed by atoms with Crippen LogP contribution in [0.25, 0.3) is 0 Å². The van der Waals surface area contributed by atoms with E-state index >= 15 is 0 Å². The molecule has 0 aliphatic heterocycles. The Hall–Kier alpha value is -2.18. The summed E-state index contributed by atoms with van der Waals surface area (Å²) in [5.74, 6) is -0.246. The van der Waals surface area contributed by atoms with E-state index in [4.69, 9.17) is 5.73 Å². The summed E-state index contributed by atoms with van der Waals surface area (Å²) in [6, 6.07) is 12.0. The summed E-state index contributed by atoms with van der Waals surface area (Å²) in [4.78, 5) is 28.7. The van der Waals surface area contributed by atoms with Crippen LogP contribution >= 0.6 is 11.3 Å². The Labute approximate surface area is 164 Å². The molecule has 5 nitrogen and oxygen atoms in total. The summed E-state index contributed by atoms with van der Waals surface area (Å²) in [6.07, 6.45) is 5.29. The van der Waals surface area contributed by atoms with Crippen LogP contribution < -0.4 is 11.1 Å². The summed E-state index contributed by atoms with van der Waals surface area (Å²) < 4.78 is 0. The molecule has 144 valence electrons. The van der Waals surface area contributed by atoms with E-state index in [1.165, 1.54) is 28.8 Å². The number of hydrogen-bond donors (Lipinski definition) is 2. The molecule has 1 aliphatic carbocycles. The average molecular weight is 386 g/mol. The lowest BCUT2D eigenvalue weighted by atomic mass is 9.99. The van der Waals surface area contributed by atoms with E-state index < -0.39 is 0 Å². The summed E-state index contributed by atoms with van der Waals surface area (Å²) in [7, 11) is 0. The smallest absolute Gasteiger partial charge is 0.261 e. The molecule has 1 aromatic heterocycles. The zero-order chi connectivity index (χ0) is 19.1. The van der Waals surface area contributed by atoms with Crippen molar-refractivity contribution in [2.45, 2.75) is 32.1 Å². The fourth-order valence-electron chi connectivity index (χ4n) is 3.38. The average Bonchev–Trinajstić information content (AvgIpc) is 3.14. The lowest BCUT2D eigenvalue weighted by Crippen LogP contribution is -2.43. The first-order valence-corrected chi connectivity index (χ1v) is 10.4. The molecule has 0 bridgehead atoms. The van der Waals surface area contributed by atoms with Crippen molar-refractivity contribution in [3.8, 4) is 0 Å². The van der Waals surface area contributed by atoms with E-state index in [0.29, 0.717) is 24.5 Å². The van der Waals surface area contributed by atoms with Gasteiger partial charge in [0.15, 0.2) is 0 Å². The van der Waals surface area contributed by atoms with Crippen LogP contribution in [0.5, 0.6) is 0 Å². The van der Waals surface area contributed by atoms with Gasteiger partial charge in [-0.1, -0.05) is 30.3 Å². The second kappa shape index (κ2) is 9.67. The summed E-state index contributed by atoms with van der Waals surface area (Å²) >= 11 is 1.56. The van der Waals surface area contributed by atoms with Crippen LogP contribution in [0.15, 0.2) is 36.4 Å². The number of aryl methyl sites for hydroxylation is 2. The first-order valence-electron chi connectivity index (χ1n) is 9.59. The second-order valence-electron chi connectivity index (χ2n) is 6.85. The molecule has 0 fully saturated rings. The van der Waals surface area contributed by atoms with Crippen LogP contribution in [0.2, 0.25) is 0 Å². The normalized spacial score (nSPS) is 13.1. The number of fused-ring (bicyclic) bond motifs is 1. The fourth-order valence-corrected chi connectivity index (χ4v) is 4.55. The number of nitrogens with zero attached hydrogens (tertiary/aromatic N) is 1. The van der Waals surface area contributed by atoms with Crippen LogP contribution in [0.3, 0.4) is 0 Å².